The highest BCUT2D eigenvalue weighted by atomic mass is 16.4. The van der Waals surface area contributed by atoms with Crippen molar-refractivity contribution >= 4 is 41.5 Å². The second-order valence-electron chi connectivity index (χ2n) is 8.37. The minimum absolute atomic E-state index is 0.0664. The molecule has 0 aromatic rings. The average Bonchev–Trinajstić information content (AvgIpc) is 2.72. The highest BCUT2D eigenvalue weighted by molar-refractivity contribution is 5.95. The van der Waals surface area contributed by atoms with E-state index in [1.165, 1.54) is 0 Å². The third kappa shape index (κ3) is 13.5. The standard InChI is InChI=1S/C20H34N6O9/c1-9(2)7-12(25-17(31)10(21)3-5-14(22)27)18(32)26-13(8-16(29)30)19(33)24-11(20(34)35)4-6-15(23)28/h9-13H,3-8,21H2,1-2H3,(H2,22,27)(H2,23,28)(H,24,33)(H,25,31)(H,26,32)(H,29,30)(H,34,35). The molecule has 4 atom stereocenters. The fraction of sp³-hybridized carbons (Fsp3) is 0.650. The van der Waals surface area contributed by atoms with E-state index in [0.29, 0.717) is 0 Å². The van der Waals surface area contributed by atoms with Crippen LogP contribution in [-0.4, -0.2) is 75.9 Å². The number of primary amides is 2. The molecule has 15 nitrogen and oxygen atoms in total. The largest absolute Gasteiger partial charge is 0.481 e. The van der Waals surface area contributed by atoms with Gasteiger partial charge in [0.15, 0.2) is 0 Å². The van der Waals surface area contributed by atoms with Crippen molar-refractivity contribution < 1.29 is 43.8 Å². The lowest BCUT2D eigenvalue weighted by Crippen LogP contribution is -2.57. The Morgan fingerprint density at radius 2 is 1.17 bits per heavy atom. The van der Waals surface area contributed by atoms with Crippen LogP contribution in [0.25, 0.3) is 0 Å². The minimum Gasteiger partial charge on any atom is -0.481 e. The lowest BCUT2D eigenvalue weighted by molar-refractivity contribution is -0.144. The molecule has 15 heteroatoms. The first-order chi connectivity index (χ1) is 16.1. The summed E-state index contributed by atoms with van der Waals surface area (Å²) in [5, 5.41) is 25.1. The molecule has 0 radical (unpaired) electrons. The van der Waals surface area contributed by atoms with E-state index in [-0.39, 0.29) is 38.0 Å². The first-order valence-corrected chi connectivity index (χ1v) is 10.8. The molecule has 0 aromatic heterocycles. The summed E-state index contributed by atoms with van der Waals surface area (Å²) in [5.41, 5.74) is 15.7. The third-order valence-corrected chi connectivity index (χ3v) is 4.68. The number of amides is 5. The van der Waals surface area contributed by atoms with Crippen molar-refractivity contribution in [3.8, 4) is 0 Å². The Labute approximate surface area is 201 Å². The van der Waals surface area contributed by atoms with Crippen LogP contribution in [-0.2, 0) is 33.6 Å². The lowest BCUT2D eigenvalue weighted by Gasteiger charge is -2.25. The molecule has 35 heavy (non-hydrogen) atoms. The predicted octanol–water partition coefficient (Wildman–Crippen LogP) is -3.10. The number of carboxylic acid groups (broad SMARTS) is 2. The van der Waals surface area contributed by atoms with Crippen molar-refractivity contribution in [1.29, 1.82) is 0 Å². The SMILES string of the molecule is CC(C)CC(NC(=O)C(N)CCC(N)=O)C(=O)NC(CC(=O)O)C(=O)NC(CCC(N)=O)C(=O)O. The van der Waals surface area contributed by atoms with Crippen molar-refractivity contribution in [2.75, 3.05) is 0 Å². The van der Waals surface area contributed by atoms with Gasteiger partial charge < -0.3 is 43.4 Å². The Hall–Kier alpha value is -3.75. The van der Waals surface area contributed by atoms with Crippen LogP contribution in [0.4, 0.5) is 0 Å². The molecular weight excluding hydrogens is 468 g/mol. The summed E-state index contributed by atoms with van der Waals surface area (Å²) in [6, 6.07) is -5.61. The van der Waals surface area contributed by atoms with E-state index in [9.17, 15) is 38.7 Å². The lowest BCUT2D eigenvalue weighted by atomic mass is 10.0. The van der Waals surface area contributed by atoms with E-state index in [1.807, 2.05) is 0 Å². The van der Waals surface area contributed by atoms with Gasteiger partial charge in [-0.2, -0.15) is 0 Å². The topological polar surface area (TPSA) is 274 Å². The van der Waals surface area contributed by atoms with Gasteiger partial charge in [-0.1, -0.05) is 13.8 Å². The number of carbonyl (C=O) groups excluding carboxylic acids is 5. The maximum Gasteiger partial charge on any atom is 0.326 e. The fourth-order valence-corrected chi connectivity index (χ4v) is 2.88. The summed E-state index contributed by atoms with van der Waals surface area (Å²) in [5.74, 6) is -7.33. The van der Waals surface area contributed by atoms with Crippen LogP contribution in [0.3, 0.4) is 0 Å². The number of rotatable bonds is 17. The van der Waals surface area contributed by atoms with Gasteiger partial charge in [-0.15, -0.1) is 0 Å². The monoisotopic (exact) mass is 502 g/mol. The first kappa shape index (κ1) is 31.2. The molecule has 0 fully saturated rings. The van der Waals surface area contributed by atoms with E-state index in [4.69, 9.17) is 22.3 Å². The Bertz CT molecular complexity index is 817. The molecule has 11 N–H and O–H groups in total. The van der Waals surface area contributed by atoms with Gasteiger partial charge in [0.2, 0.25) is 29.5 Å². The summed E-state index contributed by atoms with van der Waals surface area (Å²) in [6.07, 6.45) is -1.72. The van der Waals surface area contributed by atoms with Crippen LogP contribution in [0.5, 0.6) is 0 Å². The summed E-state index contributed by atoms with van der Waals surface area (Å²) >= 11 is 0. The molecule has 0 aliphatic carbocycles. The van der Waals surface area contributed by atoms with Crippen molar-refractivity contribution in [2.45, 2.75) is 76.5 Å². The molecule has 198 valence electrons. The number of carbonyl (C=O) groups is 7. The van der Waals surface area contributed by atoms with Gasteiger partial charge in [0, 0.05) is 12.8 Å². The minimum atomic E-state index is -1.69. The Balaban J connectivity index is 5.51. The quantitative estimate of drug-likeness (QED) is 0.0991. The van der Waals surface area contributed by atoms with E-state index < -0.39 is 72.1 Å². The Kier molecular flexibility index (Phi) is 13.6. The molecule has 0 saturated heterocycles. The van der Waals surface area contributed by atoms with Gasteiger partial charge in [-0.05, 0) is 25.2 Å². The van der Waals surface area contributed by atoms with E-state index in [1.54, 1.807) is 13.8 Å². The van der Waals surface area contributed by atoms with Crippen LogP contribution < -0.4 is 33.2 Å². The highest BCUT2D eigenvalue weighted by Crippen LogP contribution is 2.08. The van der Waals surface area contributed by atoms with E-state index in [0.717, 1.165) is 0 Å². The second kappa shape index (κ2) is 15.2. The van der Waals surface area contributed by atoms with Crippen LogP contribution in [0.2, 0.25) is 0 Å². The zero-order valence-corrected chi connectivity index (χ0v) is 19.6. The number of nitrogens with two attached hydrogens (primary N) is 3. The molecule has 0 spiro atoms. The zero-order valence-electron chi connectivity index (χ0n) is 19.6. The van der Waals surface area contributed by atoms with Gasteiger partial charge >= 0.3 is 11.9 Å². The van der Waals surface area contributed by atoms with Crippen molar-refractivity contribution in [3.05, 3.63) is 0 Å². The van der Waals surface area contributed by atoms with E-state index >= 15 is 0 Å². The van der Waals surface area contributed by atoms with Crippen LogP contribution in [0.15, 0.2) is 0 Å². The maximum atomic E-state index is 12.8. The predicted molar refractivity (Wildman–Crippen MR) is 120 cm³/mol. The molecule has 5 amide bonds. The molecule has 0 saturated carbocycles. The average molecular weight is 503 g/mol. The van der Waals surface area contributed by atoms with Crippen LogP contribution in [0, 0.1) is 5.92 Å². The van der Waals surface area contributed by atoms with Crippen LogP contribution in [0.1, 0.15) is 52.4 Å². The second-order valence-corrected chi connectivity index (χ2v) is 8.37. The first-order valence-electron chi connectivity index (χ1n) is 10.8. The van der Waals surface area contributed by atoms with E-state index in [2.05, 4.69) is 16.0 Å². The molecular formula is C20H34N6O9. The van der Waals surface area contributed by atoms with Gasteiger partial charge in [0.05, 0.1) is 12.5 Å². The molecule has 0 rings (SSSR count). The van der Waals surface area contributed by atoms with Gasteiger partial charge in [-0.3, -0.25) is 28.8 Å². The van der Waals surface area contributed by atoms with Gasteiger partial charge in [0.25, 0.3) is 0 Å². The summed E-state index contributed by atoms with van der Waals surface area (Å²) in [4.78, 5) is 82.2. The number of aliphatic carboxylic acids is 2. The molecule has 0 bridgehead atoms. The third-order valence-electron chi connectivity index (χ3n) is 4.68. The fourth-order valence-electron chi connectivity index (χ4n) is 2.88. The summed E-state index contributed by atoms with van der Waals surface area (Å²) in [7, 11) is 0. The molecule has 0 aromatic carbocycles. The highest BCUT2D eigenvalue weighted by Gasteiger charge is 2.32. The van der Waals surface area contributed by atoms with Gasteiger partial charge in [0.1, 0.15) is 18.1 Å². The summed E-state index contributed by atoms with van der Waals surface area (Å²) in [6.45, 7) is 3.49. The normalized spacial score (nSPS) is 14.2. The maximum absolute atomic E-state index is 12.8. The van der Waals surface area contributed by atoms with Crippen molar-refractivity contribution in [3.63, 3.8) is 0 Å². The number of hydrogen-bond acceptors (Lipinski definition) is 8. The van der Waals surface area contributed by atoms with Crippen molar-refractivity contribution in [2.24, 2.45) is 23.1 Å². The number of carboxylic acids is 2. The molecule has 0 aliphatic rings. The number of hydrogen-bond donors (Lipinski definition) is 8. The Morgan fingerprint density at radius 1 is 0.714 bits per heavy atom. The molecule has 4 unspecified atom stereocenters. The summed E-state index contributed by atoms with van der Waals surface area (Å²) < 4.78 is 0. The Morgan fingerprint density at radius 3 is 1.63 bits per heavy atom. The smallest absolute Gasteiger partial charge is 0.326 e. The molecule has 0 aliphatic heterocycles. The van der Waals surface area contributed by atoms with Crippen molar-refractivity contribution in [1.82, 2.24) is 16.0 Å². The van der Waals surface area contributed by atoms with Crippen LogP contribution >= 0.6 is 0 Å². The zero-order chi connectivity index (χ0) is 27.3. The van der Waals surface area contributed by atoms with Gasteiger partial charge in [-0.25, -0.2) is 4.79 Å². The number of nitrogens with one attached hydrogen (secondary N) is 3. The molecule has 0 heterocycles.